The van der Waals surface area contributed by atoms with Crippen molar-refractivity contribution >= 4 is 41.6 Å². The Balaban J connectivity index is 1.94. The van der Waals surface area contributed by atoms with Crippen LogP contribution in [0.2, 0.25) is 0 Å². The Labute approximate surface area is 144 Å². The zero-order valence-electron chi connectivity index (χ0n) is 12.8. The van der Waals surface area contributed by atoms with E-state index in [1.54, 1.807) is 10.8 Å². The quantitative estimate of drug-likeness (QED) is 0.803. The monoisotopic (exact) mass is 343 g/mol. The molecule has 4 nitrogen and oxygen atoms in total. The van der Waals surface area contributed by atoms with Crippen LogP contribution in [0.25, 0.3) is 6.08 Å². The second-order valence-electron chi connectivity index (χ2n) is 5.22. The van der Waals surface area contributed by atoms with Crippen LogP contribution < -0.4 is 0 Å². The molecular weight excluding hydrogens is 326 g/mol. The smallest absolute Gasteiger partial charge is 0.210 e. The van der Waals surface area contributed by atoms with E-state index in [1.807, 2.05) is 36.4 Å². The molecule has 6 heteroatoms. The average Bonchev–Trinajstić information content (AvgIpc) is 3.13. The van der Waals surface area contributed by atoms with Crippen LogP contribution in [0.4, 0.5) is 0 Å². The minimum Gasteiger partial charge on any atom is -0.493 e. The zero-order chi connectivity index (χ0) is 16.2. The van der Waals surface area contributed by atoms with Crippen LogP contribution >= 0.6 is 23.6 Å². The molecule has 0 unspecified atom stereocenters. The molecule has 0 spiro atoms. The van der Waals surface area contributed by atoms with Crippen molar-refractivity contribution in [3.8, 4) is 5.88 Å². The fraction of sp³-hybridized carbons (Fsp3) is 0.235. The summed E-state index contributed by atoms with van der Waals surface area (Å²) in [5.41, 5.74) is 2.69. The standard InChI is InChI=1S/C17H17N3OS2/c1-2-3-9-20-16(21)14(23-17(20)22)10-13-11-18-19-15(13)12-7-5-4-6-8-12/h4-8,10-11,21H,2-3,9H2,1H3/b13-10+. The van der Waals surface area contributed by atoms with Gasteiger partial charge in [-0.3, -0.25) is 4.57 Å². The van der Waals surface area contributed by atoms with Crippen LogP contribution in [-0.2, 0) is 6.54 Å². The van der Waals surface area contributed by atoms with Gasteiger partial charge in [-0.15, -0.1) is 16.4 Å². The molecule has 0 bridgehead atoms. The van der Waals surface area contributed by atoms with E-state index in [0.717, 1.165) is 41.1 Å². The minimum absolute atomic E-state index is 0.230. The Morgan fingerprint density at radius 2 is 2.09 bits per heavy atom. The number of rotatable bonds is 5. The highest BCUT2D eigenvalue weighted by molar-refractivity contribution is 7.73. The average molecular weight is 343 g/mol. The van der Waals surface area contributed by atoms with Crippen LogP contribution in [0.5, 0.6) is 5.88 Å². The molecule has 2 heterocycles. The van der Waals surface area contributed by atoms with Crippen molar-refractivity contribution in [2.45, 2.75) is 26.3 Å². The van der Waals surface area contributed by atoms with Crippen LogP contribution in [0, 0.1) is 3.95 Å². The summed E-state index contributed by atoms with van der Waals surface area (Å²) in [7, 11) is 0. The van der Waals surface area contributed by atoms with Crippen molar-refractivity contribution in [3.05, 3.63) is 50.3 Å². The highest BCUT2D eigenvalue weighted by Crippen LogP contribution is 2.30. The lowest BCUT2D eigenvalue weighted by molar-refractivity contribution is 0.410. The third-order valence-electron chi connectivity index (χ3n) is 3.59. The normalized spacial score (nSPS) is 15.3. The lowest BCUT2D eigenvalue weighted by Gasteiger charge is -2.03. The summed E-state index contributed by atoms with van der Waals surface area (Å²) in [4.78, 5) is 0.748. The molecule has 0 atom stereocenters. The molecule has 1 aromatic carbocycles. The first kappa shape index (κ1) is 15.8. The van der Waals surface area contributed by atoms with Gasteiger partial charge in [0.2, 0.25) is 5.88 Å². The van der Waals surface area contributed by atoms with Crippen LogP contribution in [0.3, 0.4) is 0 Å². The Hall–Kier alpha value is -2.05. The van der Waals surface area contributed by atoms with E-state index in [1.165, 1.54) is 11.3 Å². The molecule has 1 aromatic heterocycles. The second-order valence-corrected chi connectivity index (χ2v) is 6.90. The maximum absolute atomic E-state index is 10.4. The summed E-state index contributed by atoms with van der Waals surface area (Å²) < 4.78 is 2.48. The van der Waals surface area contributed by atoms with Gasteiger partial charge in [-0.05, 0) is 24.7 Å². The highest BCUT2D eigenvalue weighted by Gasteiger charge is 2.16. The first-order valence-corrected chi connectivity index (χ1v) is 8.74. The van der Waals surface area contributed by atoms with Gasteiger partial charge in [0.15, 0.2) is 3.95 Å². The Morgan fingerprint density at radius 3 is 2.83 bits per heavy atom. The molecule has 1 aliphatic rings. The molecule has 3 rings (SSSR count). The summed E-state index contributed by atoms with van der Waals surface area (Å²) in [6.07, 6.45) is 5.67. The van der Waals surface area contributed by atoms with Gasteiger partial charge >= 0.3 is 0 Å². The first-order valence-electron chi connectivity index (χ1n) is 7.52. The number of aromatic nitrogens is 1. The van der Waals surface area contributed by atoms with E-state index < -0.39 is 0 Å². The molecular formula is C17H17N3OS2. The minimum atomic E-state index is 0.230. The van der Waals surface area contributed by atoms with E-state index in [2.05, 4.69) is 17.1 Å². The van der Waals surface area contributed by atoms with Crippen molar-refractivity contribution in [2.24, 2.45) is 10.2 Å². The summed E-state index contributed by atoms with van der Waals surface area (Å²) in [6.45, 7) is 2.86. The maximum Gasteiger partial charge on any atom is 0.210 e. The van der Waals surface area contributed by atoms with Crippen LogP contribution in [0.15, 0.2) is 46.1 Å². The highest BCUT2D eigenvalue weighted by atomic mass is 32.1. The lowest BCUT2D eigenvalue weighted by Crippen LogP contribution is -2.01. The van der Waals surface area contributed by atoms with Gasteiger partial charge in [-0.25, -0.2) is 0 Å². The fourth-order valence-corrected chi connectivity index (χ4v) is 3.67. The van der Waals surface area contributed by atoms with E-state index in [0.29, 0.717) is 3.95 Å². The number of nitrogens with zero attached hydrogens (tertiary/aromatic N) is 3. The number of hydrogen-bond donors (Lipinski definition) is 1. The topological polar surface area (TPSA) is 49.9 Å². The van der Waals surface area contributed by atoms with Crippen molar-refractivity contribution in [1.82, 2.24) is 4.57 Å². The number of allylic oxidation sites excluding steroid dienone is 1. The molecule has 0 saturated carbocycles. The SMILES string of the molecule is CCCCn1c(O)c(/C=C2\C=NN=C2c2ccccc2)sc1=S. The molecule has 2 aromatic rings. The second kappa shape index (κ2) is 7.02. The van der Waals surface area contributed by atoms with E-state index in [9.17, 15) is 5.11 Å². The van der Waals surface area contributed by atoms with E-state index in [4.69, 9.17) is 12.2 Å². The van der Waals surface area contributed by atoms with Gasteiger partial charge in [0, 0.05) is 17.7 Å². The van der Waals surface area contributed by atoms with Gasteiger partial charge in [-0.1, -0.05) is 43.7 Å². The Morgan fingerprint density at radius 1 is 1.30 bits per heavy atom. The molecule has 118 valence electrons. The van der Waals surface area contributed by atoms with Crippen molar-refractivity contribution in [2.75, 3.05) is 0 Å². The van der Waals surface area contributed by atoms with Gasteiger partial charge < -0.3 is 5.11 Å². The zero-order valence-corrected chi connectivity index (χ0v) is 14.4. The van der Waals surface area contributed by atoms with Gasteiger partial charge in [0.1, 0.15) is 5.71 Å². The molecule has 0 saturated heterocycles. The van der Waals surface area contributed by atoms with Crippen molar-refractivity contribution in [3.63, 3.8) is 0 Å². The van der Waals surface area contributed by atoms with Crippen LogP contribution in [-0.4, -0.2) is 21.6 Å². The number of aromatic hydroxyl groups is 1. The fourth-order valence-electron chi connectivity index (χ4n) is 2.36. The molecule has 0 amide bonds. The molecule has 1 aliphatic heterocycles. The third-order valence-corrected chi connectivity index (χ3v) is 4.98. The van der Waals surface area contributed by atoms with Crippen molar-refractivity contribution in [1.29, 1.82) is 0 Å². The Bertz CT molecular complexity index is 844. The number of unbranched alkanes of at least 4 members (excludes halogenated alkanes) is 1. The maximum atomic E-state index is 10.4. The van der Waals surface area contributed by atoms with E-state index >= 15 is 0 Å². The molecule has 0 aliphatic carbocycles. The summed E-state index contributed by atoms with van der Waals surface area (Å²) in [6, 6.07) is 9.90. The van der Waals surface area contributed by atoms with Gasteiger partial charge in [0.25, 0.3) is 0 Å². The number of benzene rings is 1. The summed E-state index contributed by atoms with van der Waals surface area (Å²) >= 11 is 6.78. The number of thiazole rings is 1. The predicted molar refractivity (Wildman–Crippen MR) is 99.2 cm³/mol. The van der Waals surface area contributed by atoms with Gasteiger partial charge in [-0.2, -0.15) is 5.10 Å². The lowest BCUT2D eigenvalue weighted by atomic mass is 10.0. The van der Waals surface area contributed by atoms with Crippen LogP contribution in [0.1, 0.15) is 30.2 Å². The van der Waals surface area contributed by atoms with Crippen molar-refractivity contribution < 1.29 is 5.11 Å². The third kappa shape index (κ3) is 3.33. The summed E-state index contributed by atoms with van der Waals surface area (Å²) in [5, 5.41) is 18.6. The molecule has 23 heavy (non-hydrogen) atoms. The predicted octanol–water partition coefficient (Wildman–Crippen LogP) is 4.66. The van der Waals surface area contributed by atoms with E-state index in [-0.39, 0.29) is 5.88 Å². The van der Waals surface area contributed by atoms with Gasteiger partial charge in [0.05, 0.1) is 11.1 Å². The summed E-state index contributed by atoms with van der Waals surface area (Å²) in [5.74, 6) is 0.230. The Kier molecular flexibility index (Phi) is 4.83. The molecule has 0 fully saturated rings. The molecule has 0 radical (unpaired) electrons. The first-order chi connectivity index (χ1) is 11.2. The number of hydrogen-bond acceptors (Lipinski definition) is 5. The largest absolute Gasteiger partial charge is 0.493 e. The molecule has 1 N–H and O–H groups in total.